The highest BCUT2D eigenvalue weighted by atomic mass is 35.5. The zero-order valence-corrected chi connectivity index (χ0v) is 18.1. The Bertz CT molecular complexity index is 996. The molecule has 2 amide bonds. The molecule has 1 aromatic heterocycles. The average molecular weight is 496 g/mol. The summed E-state index contributed by atoms with van der Waals surface area (Å²) in [7, 11) is 0. The van der Waals surface area contributed by atoms with Gasteiger partial charge in [-0.05, 0) is 24.3 Å². The van der Waals surface area contributed by atoms with Gasteiger partial charge in [-0.1, -0.05) is 34.8 Å². The van der Waals surface area contributed by atoms with Crippen LogP contribution < -0.4 is 10.2 Å². The molecule has 1 aromatic carbocycles. The van der Waals surface area contributed by atoms with Crippen LogP contribution in [0.15, 0.2) is 30.5 Å². The van der Waals surface area contributed by atoms with Crippen LogP contribution in [-0.4, -0.2) is 54.4 Å². The third-order valence-corrected chi connectivity index (χ3v) is 5.48. The molecule has 0 saturated carbocycles. The van der Waals surface area contributed by atoms with Crippen LogP contribution in [0.3, 0.4) is 0 Å². The van der Waals surface area contributed by atoms with Crippen LogP contribution >= 0.6 is 34.8 Å². The average Bonchev–Trinajstić information content (AvgIpc) is 2.71. The van der Waals surface area contributed by atoms with Gasteiger partial charge in [0.1, 0.15) is 5.82 Å². The SMILES string of the molecule is O=C(NCC(=O)N1CCN(c2ncc(C(F)(F)F)cc2Cl)CC1)c1ccc(Cl)cc1Cl. The number of nitrogens with one attached hydrogen (secondary N) is 1. The first-order valence-corrected chi connectivity index (χ1v) is 10.2. The molecule has 1 saturated heterocycles. The molecule has 0 radical (unpaired) electrons. The Balaban J connectivity index is 1.53. The van der Waals surface area contributed by atoms with Crippen LogP contribution in [0.2, 0.25) is 15.1 Å². The minimum absolute atomic E-state index is 0.110. The number of benzene rings is 1. The largest absolute Gasteiger partial charge is 0.417 e. The molecule has 2 aromatic rings. The van der Waals surface area contributed by atoms with Crippen LogP contribution in [0.5, 0.6) is 0 Å². The summed E-state index contributed by atoms with van der Waals surface area (Å²) in [6, 6.07) is 5.24. The van der Waals surface area contributed by atoms with E-state index in [4.69, 9.17) is 34.8 Å². The smallest absolute Gasteiger partial charge is 0.352 e. The van der Waals surface area contributed by atoms with E-state index in [0.29, 0.717) is 31.2 Å². The number of hydrogen-bond donors (Lipinski definition) is 1. The quantitative estimate of drug-likeness (QED) is 0.692. The molecule has 6 nitrogen and oxygen atoms in total. The predicted molar refractivity (Wildman–Crippen MR) is 112 cm³/mol. The van der Waals surface area contributed by atoms with Crippen molar-refractivity contribution in [1.82, 2.24) is 15.2 Å². The standard InChI is InChI=1S/C19H16Cl3F3N4O2/c20-12-1-2-13(14(21)8-12)18(31)27-10-16(30)28-3-5-29(6-4-28)17-15(22)7-11(9-26-17)19(23,24)25/h1-2,7-9H,3-6,10H2,(H,27,31). The van der Waals surface area contributed by atoms with Gasteiger partial charge in [0.15, 0.2) is 0 Å². The van der Waals surface area contributed by atoms with E-state index in [1.807, 2.05) is 0 Å². The fourth-order valence-corrected chi connectivity index (χ4v) is 3.80. The number of anilines is 1. The fourth-order valence-electron chi connectivity index (χ4n) is 3.02. The molecular formula is C19H16Cl3F3N4O2. The first-order valence-electron chi connectivity index (χ1n) is 9.05. The first-order chi connectivity index (χ1) is 14.6. The minimum atomic E-state index is -4.53. The molecule has 1 aliphatic rings. The summed E-state index contributed by atoms with van der Waals surface area (Å²) in [6.45, 7) is 1.05. The molecule has 0 bridgehead atoms. The Morgan fingerprint density at radius 2 is 1.71 bits per heavy atom. The van der Waals surface area contributed by atoms with Crippen molar-refractivity contribution in [2.75, 3.05) is 37.6 Å². The van der Waals surface area contributed by atoms with Crippen molar-refractivity contribution in [1.29, 1.82) is 0 Å². The summed E-state index contributed by atoms with van der Waals surface area (Å²) in [5.74, 6) is -0.577. The van der Waals surface area contributed by atoms with E-state index in [9.17, 15) is 22.8 Å². The molecule has 31 heavy (non-hydrogen) atoms. The number of pyridine rings is 1. The first kappa shape index (κ1) is 23.4. The Hall–Kier alpha value is -2.23. The van der Waals surface area contributed by atoms with Crippen molar-refractivity contribution in [2.45, 2.75) is 6.18 Å². The molecule has 3 rings (SSSR count). The maximum absolute atomic E-state index is 12.8. The summed E-state index contributed by atoms with van der Waals surface area (Å²) in [5, 5.41) is 2.97. The van der Waals surface area contributed by atoms with Crippen molar-refractivity contribution in [3.05, 3.63) is 56.7 Å². The molecule has 1 aliphatic heterocycles. The van der Waals surface area contributed by atoms with Crippen LogP contribution in [0.25, 0.3) is 0 Å². The number of amides is 2. The zero-order chi connectivity index (χ0) is 22.8. The minimum Gasteiger partial charge on any atom is -0.352 e. The predicted octanol–water partition coefficient (Wildman–Crippen LogP) is 4.14. The molecule has 0 spiro atoms. The van der Waals surface area contributed by atoms with Crippen LogP contribution in [0.4, 0.5) is 19.0 Å². The molecule has 0 aliphatic carbocycles. The summed E-state index contributed by atoms with van der Waals surface area (Å²) < 4.78 is 38.3. The lowest BCUT2D eigenvalue weighted by Gasteiger charge is -2.35. The van der Waals surface area contributed by atoms with Gasteiger partial charge in [0.2, 0.25) is 5.91 Å². The van der Waals surface area contributed by atoms with E-state index in [1.165, 1.54) is 23.1 Å². The normalized spacial score (nSPS) is 14.5. The van der Waals surface area contributed by atoms with Crippen molar-refractivity contribution in [3.63, 3.8) is 0 Å². The second-order valence-electron chi connectivity index (χ2n) is 6.70. The molecule has 1 fully saturated rings. The number of carbonyl (C=O) groups is 2. The molecule has 2 heterocycles. The highest BCUT2D eigenvalue weighted by Gasteiger charge is 2.32. The molecule has 0 atom stereocenters. The summed E-state index contributed by atoms with van der Waals surface area (Å²) in [4.78, 5) is 31.7. The monoisotopic (exact) mass is 494 g/mol. The van der Waals surface area contributed by atoms with Gasteiger partial charge >= 0.3 is 6.18 Å². The van der Waals surface area contributed by atoms with Crippen LogP contribution in [-0.2, 0) is 11.0 Å². The van der Waals surface area contributed by atoms with Gasteiger partial charge < -0.3 is 15.1 Å². The third kappa shape index (κ3) is 5.72. The second-order valence-corrected chi connectivity index (χ2v) is 7.95. The highest BCUT2D eigenvalue weighted by molar-refractivity contribution is 6.36. The number of aromatic nitrogens is 1. The van der Waals surface area contributed by atoms with Gasteiger partial charge in [0.05, 0.1) is 27.7 Å². The van der Waals surface area contributed by atoms with Crippen LogP contribution in [0.1, 0.15) is 15.9 Å². The lowest BCUT2D eigenvalue weighted by atomic mass is 10.2. The fraction of sp³-hybridized carbons (Fsp3) is 0.316. The number of piperazine rings is 1. The number of alkyl halides is 3. The Morgan fingerprint density at radius 3 is 2.29 bits per heavy atom. The van der Waals surface area contributed by atoms with Gasteiger partial charge in [0, 0.05) is 37.4 Å². The number of carbonyl (C=O) groups excluding carboxylic acids is 2. The second kappa shape index (κ2) is 9.50. The Kier molecular flexibility index (Phi) is 7.18. The molecule has 0 unspecified atom stereocenters. The summed E-state index contributed by atoms with van der Waals surface area (Å²) >= 11 is 17.8. The number of hydrogen-bond acceptors (Lipinski definition) is 4. The van der Waals surface area contributed by atoms with Crippen molar-refractivity contribution >= 4 is 52.4 Å². The van der Waals surface area contributed by atoms with E-state index in [1.54, 1.807) is 4.90 Å². The number of rotatable bonds is 4. The maximum atomic E-state index is 12.8. The Labute approximate surface area is 190 Å². The van der Waals surface area contributed by atoms with E-state index < -0.39 is 17.6 Å². The summed E-state index contributed by atoms with van der Waals surface area (Å²) in [6.07, 6.45) is -3.79. The third-order valence-electron chi connectivity index (χ3n) is 4.66. The van der Waals surface area contributed by atoms with E-state index in [2.05, 4.69) is 10.3 Å². The zero-order valence-electron chi connectivity index (χ0n) is 15.8. The molecular weight excluding hydrogens is 480 g/mol. The molecule has 12 heteroatoms. The van der Waals surface area contributed by atoms with Gasteiger partial charge in [-0.15, -0.1) is 0 Å². The van der Waals surface area contributed by atoms with Gasteiger partial charge in [-0.3, -0.25) is 9.59 Å². The number of halogens is 6. The lowest BCUT2D eigenvalue weighted by Crippen LogP contribution is -2.51. The van der Waals surface area contributed by atoms with Gasteiger partial charge in [-0.25, -0.2) is 4.98 Å². The highest BCUT2D eigenvalue weighted by Crippen LogP contribution is 2.33. The van der Waals surface area contributed by atoms with E-state index >= 15 is 0 Å². The lowest BCUT2D eigenvalue weighted by molar-refractivity contribution is -0.137. The van der Waals surface area contributed by atoms with Crippen molar-refractivity contribution < 1.29 is 22.8 Å². The molecule has 1 N–H and O–H groups in total. The Morgan fingerprint density at radius 1 is 1.03 bits per heavy atom. The van der Waals surface area contributed by atoms with E-state index in [-0.39, 0.29) is 33.9 Å². The van der Waals surface area contributed by atoms with Crippen molar-refractivity contribution in [2.24, 2.45) is 0 Å². The topological polar surface area (TPSA) is 65.5 Å². The van der Waals surface area contributed by atoms with Gasteiger partial charge in [0.25, 0.3) is 5.91 Å². The summed E-state index contributed by atoms with van der Waals surface area (Å²) in [5.41, 5.74) is -0.724. The maximum Gasteiger partial charge on any atom is 0.417 e. The molecule has 166 valence electrons. The van der Waals surface area contributed by atoms with Crippen molar-refractivity contribution in [3.8, 4) is 0 Å². The van der Waals surface area contributed by atoms with Crippen LogP contribution in [0, 0.1) is 0 Å². The number of nitrogens with zero attached hydrogens (tertiary/aromatic N) is 3. The van der Waals surface area contributed by atoms with Gasteiger partial charge in [-0.2, -0.15) is 13.2 Å². The van der Waals surface area contributed by atoms with E-state index in [0.717, 1.165) is 12.3 Å².